The van der Waals surface area contributed by atoms with Gasteiger partial charge in [0.05, 0.1) is 12.1 Å². The van der Waals surface area contributed by atoms with Crippen molar-refractivity contribution in [1.82, 2.24) is 5.16 Å². The maximum atomic E-state index is 12.0. The number of rotatable bonds is 6. The van der Waals surface area contributed by atoms with E-state index in [1.807, 2.05) is 0 Å². The molecular formula is C15H17N3O4. The van der Waals surface area contributed by atoms with Gasteiger partial charge in [-0.05, 0) is 38.1 Å². The van der Waals surface area contributed by atoms with Crippen molar-refractivity contribution in [2.75, 3.05) is 11.9 Å². The van der Waals surface area contributed by atoms with E-state index in [1.165, 1.54) is 0 Å². The molecule has 7 heteroatoms. The molecule has 0 aliphatic heterocycles. The van der Waals surface area contributed by atoms with Crippen LogP contribution in [0.15, 0.2) is 28.8 Å². The van der Waals surface area contributed by atoms with Gasteiger partial charge >= 0.3 is 0 Å². The highest BCUT2D eigenvalue weighted by Crippen LogP contribution is 2.17. The summed E-state index contributed by atoms with van der Waals surface area (Å²) in [6.45, 7) is 3.38. The first kappa shape index (κ1) is 15.6. The lowest BCUT2D eigenvalue weighted by atomic mass is 10.1. The van der Waals surface area contributed by atoms with Gasteiger partial charge in [-0.3, -0.25) is 9.59 Å². The van der Waals surface area contributed by atoms with Gasteiger partial charge in [-0.25, -0.2) is 0 Å². The second-order valence-corrected chi connectivity index (χ2v) is 4.81. The number of ether oxygens (including phenoxy) is 1. The van der Waals surface area contributed by atoms with Crippen LogP contribution in [0.25, 0.3) is 0 Å². The molecular weight excluding hydrogens is 286 g/mol. The van der Waals surface area contributed by atoms with Crippen LogP contribution in [0.2, 0.25) is 0 Å². The van der Waals surface area contributed by atoms with Gasteiger partial charge in [0.2, 0.25) is 5.91 Å². The molecule has 0 spiro atoms. The van der Waals surface area contributed by atoms with Crippen LogP contribution in [-0.2, 0) is 16.0 Å². The fraction of sp³-hybridized carbons (Fsp3) is 0.267. The summed E-state index contributed by atoms with van der Waals surface area (Å²) >= 11 is 0. The molecule has 1 heterocycles. The Morgan fingerprint density at radius 2 is 1.95 bits per heavy atom. The van der Waals surface area contributed by atoms with Crippen LogP contribution in [0.5, 0.6) is 5.75 Å². The average molecular weight is 303 g/mol. The SMILES string of the molecule is Cc1noc(C)c1CC(=O)Nc1ccc(OCC(N)=O)cc1. The average Bonchev–Trinajstić information content (AvgIpc) is 2.78. The number of nitrogens with one attached hydrogen (secondary N) is 1. The van der Waals surface area contributed by atoms with E-state index in [2.05, 4.69) is 10.5 Å². The maximum absolute atomic E-state index is 12.0. The molecule has 22 heavy (non-hydrogen) atoms. The number of aromatic nitrogens is 1. The number of hydrogen-bond acceptors (Lipinski definition) is 5. The molecule has 0 atom stereocenters. The third-order valence-corrected chi connectivity index (χ3v) is 3.04. The summed E-state index contributed by atoms with van der Waals surface area (Å²) in [7, 11) is 0. The zero-order chi connectivity index (χ0) is 16.1. The van der Waals surface area contributed by atoms with E-state index >= 15 is 0 Å². The zero-order valence-electron chi connectivity index (χ0n) is 12.4. The van der Waals surface area contributed by atoms with Gasteiger partial charge in [0.1, 0.15) is 11.5 Å². The molecule has 0 radical (unpaired) electrons. The highest BCUT2D eigenvalue weighted by atomic mass is 16.5. The van der Waals surface area contributed by atoms with Crippen molar-refractivity contribution in [3.8, 4) is 5.75 Å². The summed E-state index contributed by atoms with van der Waals surface area (Å²) in [5.41, 5.74) is 7.12. The van der Waals surface area contributed by atoms with E-state index in [-0.39, 0.29) is 18.9 Å². The van der Waals surface area contributed by atoms with E-state index in [4.69, 9.17) is 15.0 Å². The molecule has 2 aromatic rings. The Bertz CT molecular complexity index is 657. The maximum Gasteiger partial charge on any atom is 0.255 e. The summed E-state index contributed by atoms with van der Waals surface area (Å²) in [6.07, 6.45) is 0.196. The van der Waals surface area contributed by atoms with E-state index in [1.54, 1.807) is 38.1 Å². The summed E-state index contributed by atoms with van der Waals surface area (Å²) in [5, 5.41) is 6.58. The number of hydrogen-bond donors (Lipinski definition) is 2. The first-order chi connectivity index (χ1) is 10.5. The zero-order valence-corrected chi connectivity index (χ0v) is 12.4. The van der Waals surface area contributed by atoms with Crippen LogP contribution in [0.4, 0.5) is 5.69 Å². The predicted molar refractivity (Wildman–Crippen MR) is 79.4 cm³/mol. The van der Waals surface area contributed by atoms with E-state index in [9.17, 15) is 9.59 Å². The number of carbonyl (C=O) groups excluding carboxylic acids is 2. The smallest absolute Gasteiger partial charge is 0.255 e. The van der Waals surface area contributed by atoms with Crippen molar-refractivity contribution < 1.29 is 18.8 Å². The molecule has 0 aliphatic carbocycles. The fourth-order valence-corrected chi connectivity index (χ4v) is 1.91. The Labute approximate surface area is 127 Å². The van der Waals surface area contributed by atoms with Gasteiger partial charge in [-0.15, -0.1) is 0 Å². The predicted octanol–water partition coefficient (Wildman–Crippen LogP) is 1.34. The largest absolute Gasteiger partial charge is 0.484 e. The number of amides is 2. The number of primary amides is 1. The van der Waals surface area contributed by atoms with Gasteiger partial charge in [0, 0.05) is 11.3 Å². The second kappa shape index (κ2) is 6.75. The topological polar surface area (TPSA) is 107 Å². The van der Waals surface area contributed by atoms with Crippen molar-refractivity contribution in [2.45, 2.75) is 20.3 Å². The Morgan fingerprint density at radius 3 is 2.50 bits per heavy atom. The molecule has 1 aromatic heterocycles. The number of benzene rings is 1. The van der Waals surface area contributed by atoms with Crippen LogP contribution >= 0.6 is 0 Å². The van der Waals surface area contributed by atoms with Gasteiger partial charge in [-0.2, -0.15) is 0 Å². The Hall–Kier alpha value is -2.83. The lowest BCUT2D eigenvalue weighted by molar-refractivity contribution is -0.120. The van der Waals surface area contributed by atoms with Crippen LogP contribution in [0.3, 0.4) is 0 Å². The molecule has 1 aromatic carbocycles. The van der Waals surface area contributed by atoms with Crippen LogP contribution in [-0.4, -0.2) is 23.6 Å². The number of nitrogens with two attached hydrogens (primary N) is 1. The molecule has 7 nitrogen and oxygen atoms in total. The number of nitrogens with zero attached hydrogens (tertiary/aromatic N) is 1. The first-order valence-electron chi connectivity index (χ1n) is 6.68. The molecule has 2 amide bonds. The Kier molecular flexibility index (Phi) is 4.77. The van der Waals surface area contributed by atoms with Gasteiger partial charge < -0.3 is 20.3 Å². The third-order valence-electron chi connectivity index (χ3n) is 3.04. The molecule has 0 saturated heterocycles. The van der Waals surface area contributed by atoms with Crippen LogP contribution < -0.4 is 15.8 Å². The van der Waals surface area contributed by atoms with Crippen molar-refractivity contribution in [2.24, 2.45) is 5.73 Å². The fourth-order valence-electron chi connectivity index (χ4n) is 1.91. The second-order valence-electron chi connectivity index (χ2n) is 4.81. The van der Waals surface area contributed by atoms with Crippen molar-refractivity contribution >= 4 is 17.5 Å². The monoisotopic (exact) mass is 303 g/mol. The molecule has 2 rings (SSSR count). The number of carbonyl (C=O) groups is 2. The van der Waals surface area contributed by atoms with Gasteiger partial charge in [0.15, 0.2) is 6.61 Å². The Morgan fingerprint density at radius 1 is 1.27 bits per heavy atom. The molecule has 116 valence electrons. The first-order valence-corrected chi connectivity index (χ1v) is 6.68. The van der Waals surface area contributed by atoms with E-state index in [0.717, 1.165) is 5.56 Å². The van der Waals surface area contributed by atoms with Gasteiger partial charge in [-0.1, -0.05) is 5.16 Å². The third kappa shape index (κ3) is 4.08. The minimum absolute atomic E-state index is 0.166. The molecule has 0 saturated carbocycles. The standard InChI is InChI=1S/C15H17N3O4/c1-9-13(10(2)22-18-9)7-15(20)17-11-3-5-12(6-4-11)21-8-14(16)19/h3-6H,7-8H2,1-2H3,(H2,16,19)(H,17,20). The molecule has 0 unspecified atom stereocenters. The summed E-state index contributed by atoms with van der Waals surface area (Å²) in [6, 6.07) is 6.66. The quantitative estimate of drug-likeness (QED) is 0.837. The number of aryl methyl sites for hydroxylation is 2. The summed E-state index contributed by atoms with van der Waals surface area (Å²) in [4.78, 5) is 22.6. The van der Waals surface area contributed by atoms with Crippen molar-refractivity contribution in [3.63, 3.8) is 0 Å². The summed E-state index contributed by atoms with van der Waals surface area (Å²) < 4.78 is 10.2. The molecule has 0 fully saturated rings. The van der Waals surface area contributed by atoms with Gasteiger partial charge in [0.25, 0.3) is 5.91 Å². The van der Waals surface area contributed by atoms with Crippen molar-refractivity contribution in [1.29, 1.82) is 0 Å². The minimum atomic E-state index is -0.545. The lowest BCUT2D eigenvalue weighted by Gasteiger charge is -2.07. The normalized spacial score (nSPS) is 10.3. The van der Waals surface area contributed by atoms with Crippen LogP contribution in [0.1, 0.15) is 17.0 Å². The minimum Gasteiger partial charge on any atom is -0.484 e. The van der Waals surface area contributed by atoms with E-state index in [0.29, 0.717) is 22.9 Å². The molecule has 0 aliphatic rings. The lowest BCUT2D eigenvalue weighted by Crippen LogP contribution is -2.20. The highest BCUT2D eigenvalue weighted by molar-refractivity contribution is 5.92. The van der Waals surface area contributed by atoms with Crippen molar-refractivity contribution in [3.05, 3.63) is 41.3 Å². The number of anilines is 1. The molecule has 0 bridgehead atoms. The van der Waals surface area contributed by atoms with E-state index < -0.39 is 5.91 Å². The van der Waals surface area contributed by atoms with Crippen LogP contribution in [0, 0.1) is 13.8 Å². The molecule has 3 N–H and O–H groups in total. The highest BCUT2D eigenvalue weighted by Gasteiger charge is 2.13. The summed E-state index contributed by atoms with van der Waals surface area (Å²) in [5.74, 6) is 0.433. The Balaban J connectivity index is 1.93.